The smallest absolute Gasteiger partial charge is 0.182 e. The molecule has 98 valence electrons. The van der Waals surface area contributed by atoms with Crippen LogP contribution in [0.15, 0.2) is 6.20 Å². The number of nitrogens with zero attached hydrogens (tertiary/aromatic N) is 2. The van der Waals surface area contributed by atoms with Crippen molar-refractivity contribution in [1.82, 2.24) is 9.88 Å². The third-order valence-corrected chi connectivity index (χ3v) is 3.30. The average Bonchev–Trinajstić information content (AvgIpc) is 2.79. The first-order chi connectivity index (χ1) is 8.34. The SMILES string of the molecule is CC.Cc1cnc(NCCN2CCOCC2)s1. The normalized spacial score (nSPS) is 16.2. The highest BCUT2D eigenvalue weighted by atomic mass is 32.1. The Labute approximate surface area is 108 Å². The molecule has 1 aromatic rings. The van der Waals surface area contributed by atoms with Crippen LogP contribution in [0.4, 0.5) is 5.13 Å². The lowest BCUT2D eigenvalue weighted by atomic mass is 10.4. The molecule has 1 aliphatic rings. The molecule has 0 atom stereocenters. The molecule has 0 aliphatic carbocycles. The molecule has 2 rings (SSSR count). The van der Waals surface area contributed by atoms with Crippen molar-refractivity contribution in [2.75, 3.05) is 44.7 Å². The number of thiazole rings is 1. The van der Waals surface area contributed by atoms with Gasteiger partial charge in [-0.25, -0.2) is 4.98 Å². The molecule has 1 N–H and O–H groups in total. The monoisotopic (exact) mass is 257 g/mol. The lowest BCUT2D eigenvalue weighted by Crippen LogP contribution is -2.38. The van der Waals surface area contributed by atoms with E-state index in [0.717, 1.165) is 44.5 Å². The van der Waals surface area contributed by atoms with Crippen LogP contribution in [0.5, 0.6) is 0 Å². The minimum Gasteiger partial charge on any atom is -0.379 e. The van der Waals surface area contributed by atoms with Gasteiger partial charge in [0.25, 0.3) is 0 Å². The van der Waals surface area contributed by atoms with Gasteiger partial charge in [0.05, 0.1) is 13.2 Å². The summed E-state index contributed by atoms with van der Waals surface area (Å²) in [7, 11) is 0. The van der Waals surface area contributed by atoms with Gasteiger partial charge in [-0.15, -0.1) is 11.3 Å². The van der Waals surface area contributed by atoms with Gasteiger partial charge in [0, 0.05) is 37.3 Å². The number of nitrogens with one attached hydrogen (secondary N) is 1. The molecule has 0 amide bonds. The van der Waals surface area contributed by atoms with Crippen LogP contribution in [-0.2, 0) is 4.74 Å². The highest BCUT2D eigenvalue weighted by Gasteiger charge is 2.09. The van der Waals surface area contributed by atoms with E-state index in [0.29, 0.717) is 0 Å². The van der Waals surface area contributed by atoms with Crippen LogP contribution in [0.25, 0.3) is 0 Å². The second-order valence-electron chi connectivity index (χ2n) is 3.66. The molecule has 0 spiro atoms. The third kappa shape index (κ3) is 5.48. The molecule has 1 aliphatic heterocycles. The number of hydrogen-bond donors (Lipinski definition) is 1. The highest BCUT2D eigenvalue weighted by Crippen LogP contribution is 2.15. The summed E-state index contributed by atoms with van der Waals surface area (Å²) < 4.78 is 5.30. The summed E-state index contributed by atoms with van der Waals surface area (Å²) in [4.78, 5) is 7.93. The van der Waals surface area contributed by atoms with Crippen molar-refractivity contribution in [3.8, 4) is 0 Å². The van der Waals surface area contributed by atoms with Crippen LogP contribution >= 0.6 is 11.3 Å². The van der Waals surface area contributed by atoms with Crippen molar-refractivity contribution < 1.29 is 4.74 Å². The molecule has 0 bridgehead atoms. The molecule has 0 unspecified atom stereocenters. The van der Waals surface area contributed by atoms with Crippen molar-refractivity contribution in [2.24, 2.45) is 0 Å². The average molecular weight is 257 g/mol. The first kappa shape index (κ1) is 14.4. The zero-order valence-corrected chi connectivity index (χ0v) is 11.8. The molecule has 17 heavy (non-hydrogen) atoms. The summed E-state index contributed by atoms with van der Waals surface area (Å²) in [5, 5.41) is 4.37. The number of morpholine rings is 1. The molecule has 4 nitrogen and oxygen atoms in total. The Balaban J connectivity index is 0.000000686. The Morgan fingerprint density at radius 1 is 1.41 bits per heavy atom. The second-order valence-corrected chi connectivity index (χ2v) is 4.89. The first-order valence-corrected chi connectivity index (χ1v) is 7.12. The van der Waals surface area contributed by atoms with Crippen molar-refractivity contribution in [1.29, 1.82) is 0 Å². The van der Waals surface area contributed by atoms with Crippen molar-refractivity contribution >= 4 is 16.5 Å². The van der Waals surface area contributed by atoms with E-state index in [1.807, 2.05) is 20.0 Å². The predicted molar refractivity (Wildman–Crippen MR) is 73.9 cm³/mol. The van der Waals surface area contributed by atoms with E-state index in [4.69, 9.17) is 4.74 Å². The summed E-state index contributed by atoms with van der Waals surface area (Å²) in [6.07, 6.45) is 1.90. The van der Waals surface area contributed by atoms with E-state index in [1.165, 1.54) is 4.88 Å². The van der Waals surface area contributed by atoms with Crippen LogP contribution in [0.3, 0.4) is 0 Å². The number of aryl methyl sites for hydroxylation is 1. The fourth-order valence-electron chi connectivity index (χ4n) is 1.58. The lowest BCUT2D eigenvalue weighted by Gasteiger charge is -2.26. The van der Waals surface area contributed by atoms with Crippen molar-refractivity contribution in [2.45, 2.75) is 20.8 Å². The van der Waals surface area contributed by atoms with Gasteiger partial charge < -0.3 is 10.1 Å². The second kappa shape index (κ2) is 8.44. The van der Waals surface area contributed by atoms with E-state index >= 15 is 0 Å². The van der Waals surface area contributed by atoms with E-state index in [9.17, 15) is 0 Å². The maximum absolute atomic E-state index is 5.30. The standard InChI is InChI=1S/C10H17N3OS.C2H6/c1-9-8-12-10(15-9)11-2-3-13-4-6-14-7-5-13;1-2/h8H,2-7H2,1H3,(H,11,12);1-2H3. The zero-order valence-electron chi connectivity index (χ0n) is 11.0. The maximum Gasteiger partial charge on any atom is 0.182 e. The zero-order chi connectivity index (χ0) is 12.5. The van der Waals surface area contributed by atoms with E-state index < -0.39 is 0 Å². The van der Waals surface area contributed by atoms with Gasteiger partial charge in [-0.05, 0) is 6.92 Å². The van der Waals surface area contributed by atoms with Crippen molar-refractivity contribution in [3.63, 3.8) is 0 Å². The largest absolute Gasteiger partial charge is 0.379 e. The Kier molecular flexibility index (Phi) is 7.16. The van der Waals surface area contributed by atoms with Gasteiger partial charge in [0.2, 0.25) is 0 Å². The molecule has 0 saturated carbocycles. The van der Waals surface area contributed by atoms with Crippen LogP contribution in [0.1, 0.15) is 18.7 Å². The molecule has 1 saturated heterocycles. The molecule has 5 heteroatoms. The first-order valence-electron chi connectivity index (χ1n) is 6.31. The van der Waals surface area contributed by atoms with E-state index in [1.54, 1.807) is 11.3 Å². The topological polar surface area (TPSA) is 37.4 Å². The lowest BCUT2D eigenvalue weighted by molar-refractivity contribution is 0.0398. The van der Waals surface area contributed by atoms with Crippen LogP contribution < -0.4 is 5.32 Å². The predicted octanol–water partition coefficient (Wildman–Crippen LogP) is 2.22. The van der Waals surface area contributed by atoms with E-state index in [-0.39, 0.29) is 0 Å². The molecule has 1 aromatic heterocycles. The van der Waals surface area contributed by atoms with Gasteiger partial charge in [-0.3, -0.25) is 4.90 Å². The van der Waals surface area contributed by atoms with Crippen LogP contribution in [0, 0.1) is 6.92 Å². The minimum atomic E-state index is 0.871. The molecular formula is C12H23N3OS. The Morgan fingerprint density at radius 2 is 2.12 bits per heavy atom. The summed E-state index contributed by atoms with van der Waals surface area (Å²) in [5.74, 6) is 0. The van der Waals surface area contributed by atoms with Gasteiger partial charge >= 0.3 is 0 Å². The van der Waals surface area contributed by atoms with Gasteiger partial charge in [0.15, 0.2) is 5.13 Å². The Hall–Kier alpha value is -0.650. The summed E-state index contributed by atoms with van der Waals surface area (Å²) in [6.45, 7) is 12.0. The molecular weight excluding hydrogens is 234 g/mol. The fourth-order valence-corrected chi connectivity index (χ4v) is 2.27. The number of hydrogen-bond acceptors (Lipinski definition) is 5. The summed E-state index contributed by atoms with van der Waals surface area (Å²) in [5.41, 5.74) is 0. The molecule has 2 heterocycles. The number of ether oxygens (including phenoxy) is 1. The molecule has 1 fully saturated rings. The third-order valence-electron chi connectivity index (χ3n) is 2.43. The van der Waals surface area contributed by atoms with Crippen LogP contribution in [0.2, 0.25) is 0 Å². The van der Waals surface area contributed by atoms with Crippen molar-refractivity contribution in [3.05, 3.63) is 11.1 Å². The van der Waals surface area contributed by atoms with E-state index in [2.05, 4.69) is 22.1 Å². The molecule has 0 aromatic carbocycles. The van der Waals surface area contributed by atoms with Gasteiger partial charge in [-0.1, -0.05) is 13.8 Å². The Morgan fingerprint density at radius 3 is 2.71 bits per heavy atom. The Bertz CT molecular complexity index is 298. The summed E-state index contributed by atoms with van der Waals surface area (Å²) >= 11 is 1.71. The fraction of sp³-hybridized carbons (Fsp3) is 0.750. The van der Waals surface area contributed by atoms with Crippen LogP contribution in [-0.4, -0.2) is 49.3 Å². The number of rotatable bonds is 4. The highest BCUT2D eigenvalue weighted by molar-refractivity contribution is 7.15. The summed E-state index contributed by atoms with van der Waals surface area (Å²) in [6, 6.07) is 0. The molecule has 0 radical (unpaired) electrons. The minimum absolute atomic E-state index is 0.871. The van der Waals surface area contributed by atoms with Gasteiger partial charge in [-0.2, -0.15) is 0 Å². The quantitative estimate of drug-likeness (QED) is 0.897. The number of aromatic nitrogens is 1. The number of anilines is 1. The maximum atomic E-state index is 5.30. The van der Waals surface area contributed by atoms with Gasteiger partial charge in [0.1, 0.15) is 0 Å².